The molecule has 2 aromatic carbocycles. The van der Waals surface area contributed by atoms with Gasteiger partial charge in [0, 0.05) is 37.4 Å². The summed E-state index contributed by atoms with van der Waals surface area (Å²) in [5, 5.41) is 8.25. The van der Waals surface area contributed by atoms with E-state index in [1.807, 2.05) is 30.7 Å². The minimum absolute atomic E-state index is 0.00124. The number of nitrogens with zero attached hydrogens (tertiary/aromatic N) is 4. The number of nitrogens with one attached hydrogen (secondary N) is 1. The molecule has 1 N–H and O–H groups in total. The van der Waals surface area contributed by atoms with Crippen LogP contribution in [0, 0.1) is 0 Å². The third kappa shape index (κ3) is 6.70. The lowest BCUT2D eigenvalue weighted by Crippen LogP contribution is -2.18. The molecule has 0 atom stereocenters. The number of hydrogen-bond acceptors (Lipinski definition) is 5. The molecule has 0 spiro atoms. The summed E-state index contributed by atoms with van der Waals surface area (Å²) in [6.07, 6.45) is 12.5. The SMILES string of the molecule is CC/C(=C(/c1cnc(OCCCC/C=C/C(=O)N(C)C)nc1)c1ccc2[nH]ncc2c1)c1ccccc1. The van der Waals surface area contributed by atoms with Crippen molar-refractivity contribution < 1.29 is 9.53 Å². The van der Waals surface area contributed by atoms with Crippen molar-refractivity contribution in [3.8, 4) is 6.01 Å². The van der Waals surface area contributed by atoms with Gasteiger partial charge in [-0.25, -0.2) is 9.97 Å². The molecule has 4 aromatic rings. The highest BCUT2D eigenvalue weighted by molar-refractivity contribution is 6.00. The minimum atomic E-state index is 0.00124. The van der Waals surface area contributed by atoms with E-state index in [9.17, 15) is 4.79 Å². The maximum atomic E-state index is 11.6. The molecule has 37 heavy (non-hydrogen) atoms. The molecule has 0 bridgehead atoms. The highest BCUT2D eigenvalue weighted by Crippen LogP contribution is 2.35. The van der Waals surface area contributed by atoms with Gasteiger partial charge in [-0.2, -0.15) is 5.10 Å². The fourth-order valence-corrected chi connectivity index (χ4v) is 4.16. The standard InChI is InChI=1S/C30H33N5O2/c1-4-26(22-12-8-7-9-13-22)29(23-15-16-27-24(18-23)21-33-34-27)25-19-31-30(32-20-25)37-17-11-6-5-10-14-28(36)35(2)3/h7-10,12-16,18-21H,4-6,11,17H2,1-3H3,(H,33,34)/b14-10+,29-26-. The largest absolute Gasteiger partial charge is 0.463 e. The van der Waals surface area contributed by atoms with Crippen LogP contribution in [0.4, 0.5) is 0 Å². The predicted molar refractivity (Wildman–Crippen MR) is 148 cm³/mol. The Bertz CT molecular complexity index is 1370. The lowest BCUT2D eigenvalue weighted by atomic mass is 9.89. The van der Waals surface area contributed by atoms with Crippen molar-refractivity contribution in [2.75, 3.05) is 20.7 Å². The van der Waals surface area contributed by atoms with Gasteiger partial charge >= 0.3 is 6.01 Å². The first kappa shape index (κ1) is 25.8. The number of carbonyl (C=O) groups excluding carboxylic acids is 1. The summed E-state index contributed by atoms with van der Waals surface area (Å²) < 4.78 is 5.78. The Morgan fingerprint density at radius 1 is 0.973 bits per heavy atom. The molecule has 0 aliphatic rings. The van der Waals surface area contributed by atoms with Crippen LogP contribution in [0.15, 0.2) is 79.3 Å². The summed E-state index contributed by atoms with van der Waals surface area (Å²) in [6, 6.07) is 17.1. The second-order valence-electron chi connectivity index (χ2n) is 8.98. The number of unbranched alkanes of at least 4 members (excludes halogenated alkanes) is 2. The minimum Gasteiger partial charge on any atom is -0.463 e. The molecule has 1 amide bonds. The van der Waals surface area contributed by atoms with Gasteiger partial charge in [0.25, 0.3) is 0 Å². The van der Waals surface area contributed by atoms with E-state index in [1.165, 1.54) is 11.1 Å². The summed E-state index contributed by atoms with van der Waals surface area (Å²) in [4.78, 5) is 22.1. The Hall–Kier alpha value is -4.26. The number of benzene rings is 2. The number of H-pyrrole nitrogens is 1. The zero-order chi connectivity index (χ0) is 26.0. The van der Waals surface area contributed by atoms with Crippen molar-refractivity contribution in [1.82, 2.24) is 25.1 Å². The average molecular weight is 496 g/mol. The van der Waals surface area contributed by atoms with E-state index >= 15 is 0 Å². The lowest BCUT2D eigenvalue weighted by molar-refractivity contribution is -0.123. The monoisotopic (exact) mass is 495 g/mol. The Morgan fingerprint density at radius 2 is 1.76 bits per heavy atom. The van der Waals surface area contributed by atoms with Crippen molar-refractivity contribution in [3.63, 3.8) is 0 Å². The highest BCUT2D eigenvalue weighted by atomic mass is 16.5. The Morgan fingerprint density at radius 3 is 2.49 bits per heavy atom. The lowest BCUT2D eigenvalue weighted by Gasteiger charge is -2.16. The van der Waals surface area contributed by atoms with Gasteiger partial charge in [0.1, 0.15) is 0 Å². The fourth-order valence-electron chi connectivity index (χ4n) is 4.16. The molecule has 0 saturated carbocycles. The molecule has 0 unspecified atom stereocenters. The van der Waals surface area contributed by atoms with E-state index in [2.05, 4.69) is 69.6 Å². The van der Waals surface area contributed by atoms with Crippen LogP contribution in [-0.2, 0) is 4.79 Å². The molecule has 2 heterocycles. The first-order chi connectivity index (χ1) is 18.1. The Labute approximate surface area is 217 Å². The number of carbonyl (C=O) groups is 1. The first-order valence-electron chi connectivity index (χ1n) is 12.6. The van der Waals surface area contributed by atoms with Gasteiger partial charge in [0.05, 0.1) is 18.3 Å². The molecule has 0 aliphatic carbocycles. The molecule has 0 saturated heterocycles. The molecular formula is C30H33N5O2. The van der Waals surface area contributed by atoms with E-state index in [0.717, 1.165) is 53.3 Å². The third-order valence-electron chi connectivity index (χ3n) is 6.12. The zero-order valence-electron chi connectivity index (χ0n) is 21.6. The van der Waals surface area contributed by atoms with Gasteiger partial charge < -0.3 is 9.64 Å². The van der Waals surface area contributed by atoms with E-state index in [4.69, 9.17) is 4.74 Å². The number of aromatic nitrogens is 4. The van der Waals surface area contributed by atoms with Crippen LogP contribution in [-0.4, -0.2) is 51.7 Å². The smallest absolute Gasteiger partial charge is 0.316 e. The number of likely N-dealkylation sites (N-methyl/N-ethyl adjacent to an activating group) is 1. The van der Waals surface area contributed by atoms with E-state index < -0.39 is 0 Å². The number of fused-ring (bicyclic) bond motifs is 1. The van der Waals surface area contributed by atoms with Crippen molar-refractivity contribution in [2.24, 2.45) is 0 Å². The molecule has 0 fully saturated rings. The van der Waals surface area contributed by atoms with Gasteiger partial charge in [-0.05, 0) is 66.2 Å². The molecule has 2 aromatic heterocycles. The number of rotatable bonds is 11. The predicted octanol–water partition coefficient (Wildman–Crippen LogP) is 5.92. The quantitative estimate of drug-likeness (QED) is 0.159. The summed E-state index contributed by atoms with van der Waals surface area (Å²) in [5.74, 6) is 0.00124. The second kappa shape index (κ2) is 12.6. The highest BCUT2D eigenvalue weighted by Gasteiger charge is 2.15. The van der Waals surface area contributed by atoms with Crippen LogP contribution in [0.25, 0.3) is 22.0 Å². The van der Waals surface area contributed by atoms with Crippen LogP contribution < -0.4 is 4.74 Å². The zero-order valence-corrected chi connectivity index (χ0v) is 21.6. The number of amides is 1. The normalized spacial score (nSPS) is 12.1. The van der Waals surface area contributed by atoms with E-state index in [-0.39, 0.29) is 5.91 Å². The van der Waals surface area contributed by atoms with Crippen molar-refractivity contribution >= 4 is 28.0 Å². The van der Waals surface area contributed by atoms with Crippen LogP contribution in [0.5, 0.6) is 6.01 Å². The molecule has 190 valence electrons. The third-order valence-corrected chi connectivity index (χ3v) is 6.12. The first-order valence-corrected chi connectivity index (χ1v) is 12.6. The van der Waals surface area contributed by atoms with Crippen LogP contribution >= 0.6 is 0 Å². The van der Waals surface area contributed by atoms with Crippen molar-refractivity contribution in [1.29, 1.82) is 0 Å². The van der Waals surface area contributed by atoms with Crippen molar-refractivity contribution in [3.05, 3.63) is 96.0 Å². The van der Waals surface area contributed by atoms with E-state index in [0.29, 0.717) is 12.6 Å². The number of aromatic amines is 1. The maximum Gasteiger partial charge on any atom is 0.316 e. The molecule has 7 heteroatoms. The van der Waals surface area contributed by atoms with Gasteiger partial charge in [0.2, 0.25) is 5.91 Å². The number of hydrogen-bond donors (Lipinski definition) is 1. The molecule has 0 aliphatic heterocycles. The van der Waals surface area contributed by atoms with Crippen LogP contribution in [0.2, 0.25) is 0 Å². The maximum absolute atomic E-state index is 11.6. The summed E-state index contributed by atoms with van der Waals surface area (Å²) >= 11 is 0. The van der Waals surface area contributed by atoms with Gasteiger partial charge in [-0.3, -0.25) is 9.89 Å². The topological polar surface area (TPSA) is 84.0 Å². The van der Waals surface area contributed by atoms with Crippen LogP contribution in [0.1, 0.15) is 49.3 Å². The molecule has 7 nitrogen and oxygen atoms in total. The Balaban J connectivity index is 1.50. The number of ether oxygens (including phenoxy) is 1. The summed E-state index contributed by atoms with van der Waals surface area (Å²) in [5.41, 5.74) is 6.53. The average Bonchev–Trinajstić information content (AvgIpc) is 3.40. The molecule has 4 rings (SSSR count). The summed E-state index contributed by atoms with van der Waals surface area (Å²) in [7, 11) is 3.49. The Kier molecular flexibility index (Phi) is 8.81. The number of allylic oxidation sites excluding steroid dienone is 2. The molecular weight excluding hydrogens is 462 g/mol. The van der Waals surface area contributed by atoms with Crippen molar-refractivity contribution in [2.45, 2.75) is 32.6 Å². The van der Waals surface area contributed by atoms with Gasteiger partial charge in [-0.15, -0.1) is 0 Å². The molecule has 0 radical (unpaired) electrons. The van der Waals surface area contributed by atoms with Gasteiger partial charge in [0.15, 0.2) is 0 Å². The summed E-state index contributed by atoms with van der Waals surface area (Å²) in [6.45, 7) is 2.70. The second-order valence-corrected chi connectivity index (χ2v) is 8.98. The van der Waals surface area contributed by atoms with Gasteiger partial charge in [-0.1, -0.05) is 49.4 Å². The fraction of sp³-hybridized carbons (Fsp3) is 0.267. The van der Waals surface area contributed by atoms with Crippen LogP contribution in [0.3, 0.4) is 0 Å². The van der Waals surface area contributed by atoms with E-state index in [1.54, 1.807) is 25.1 Å².